The third-order valence-corrected chi connectivity index (χ3v) is 2.53. The molecule has 82 valence electrons. The van der Waals surface area contributed by atoms with E-state index in [0.29, 0.717) is 6.42 Å². The van der Waals surface area contributed by atoms with Gasteiger partial charge in [-0.2, -0.15) is 10.3 Å². The molecule has 1 rings (SSSR count). The number of amidine groups is 1. The monoisotopic (exact) mass is 209 g/mol. The zero-order chi connectivity index (χ0) is 11.3. The van der Waals surface area contributed by atoms with Crippen molar-refractivity contribution in [3.05, 3.63) is 0 Å². The number of hydrogen-bond donors (Lipinski definition) is 1. The Morgan fingerprint density at radius 1 is 1.80 bits per heavy atom. The van der Waals surface area contributed by atoms with Gasteiger partial charge >= 0.3 is 5.97 Å². The van der Waals surface area contributed by atoms with Crippen molar-refractivity contribution in [2.45, 2.75) is 38.6 Å². The highest BCUT2D eigenvalue weighted by molar-refractivity contribution is 5.86. The van der Waals surface area contributed by atoms with Gasteiger partial charge in [-0.25, -0.2) is 0 Å². The second-order valence-corrected chi connectivity index (χ2v) is 3.61. The molecule has 0 saturated carbocycles. The summed E-state index contributed by atoms with van der Waals surface area (Å²) < 4.78 is 0. The van der Waals surface area contributed by atoms with Crippen molar-refractivity contribution < 1.29 is 9.90 Å². The van der Waals surface area contributed by atoms with E-state index in [4.69, 9.17) is 10.4 Å². The molecule has 0 spiro atoms. The Labute approximate surface area is 89.0 Å². The smallest absolute Gasteiger partial charge is 0.305 e. The second kappa shape index (κ2) is 5.35. The maximum atomic E-state index is 10.6. The van der Waals surface area contributed by atoms with Gasteiger partial charge in [-0.1, -0.05) is 6.92 Å². The molecule has 0 aromatic carbocycles. The van der Waals surface area contributed by atoms with Crippen LogP contribution in [0, 0.1) is 11.5 Å². The number of hydrogen-bond acceptors (Lipinski definition) is 3. The van der Waals surface area contributed by atoms with Gasteiger partial charge in [-0.05, 0) is 12.8 Å². The fraction of sp³-hybridized carbons (Fsp3) is 0.700. The van der Waals surface area contributed by atoms with Crippen LogP contribution in [0.1, 0.15) is 32.6 Å². The lowest BCUT2D eigenvalue weighted by Crippen LogP contribution is -2.35. The van der Waals surface area contributed by atoms with E-state index in [-0.39, 0.29) is 12.5 Å². The topological polar surface area (TPSA) is 76.7 Å². The standard InChI is InChI=1S/C10H15N3O2/c1-2-5-13-8(6-10(14)15)3-4-9(13)12-7-11/h8H,2-6H2,1H3,(H,14,15). The Kier molecular flexibility index (Phi) is 4.10. The molecule has 0 radical (unpaired) electrons. The quantitative estimate of drug-likeness (QED) is 0.706. The lowest BCUT2D eigenvalue weighted by molar-refractivity contribution is -0.138. The van der Waals surface area contributed by atoms with Crippen molar-refractivity contribution in [2.24, 2.45) is 4.99 Å². The van der Waals surface area contributed by atoms with Gasteiger partial charge in [0, 0.05) is 19.0 Å². The van der Waals surface area contributed by atoms with Gasteiger partial charge in [-0.15, -0.1) is 0 Å². The van der Waals surface area contributed by atoms with Gasteiger partial charge in [0.15, 0.2) is 0 Å². The Morgan fingerprint density at radius 3 is 3.07 bits per heavy atom. The normalized spacial score (nSPS) is 23.1. The molecule has 1 fully saturated rings. The van der Waals surface area contributed by atoms with Crippen LogP contribution in [0.2, 0.25) is 0 Å². The Hall–Kier alpha value is -1.57. The molecule has 15 heavy (non-hydrogen) atoms. The summed E-state index contributed by atoms with van der Waals surface area (Å²) in [5.41, 5.74) is 0. The van der Waals surface area contributed by atoms with Crippen LogP contribution in [0.15, 0.2) is 4.99 Å². The van der Waals surface area contributed by atoms with Crippen molar-refractivity contribution in [2.75, 3.05) is 6.54 Å². The minimum atomic E-state index is -0.792. The van der Waals surface area contributed by atoms with E-state index in [2.05, 4.69) is 4.99 Å². The lowest BCUT2D eigenvalue weighted by atomic mass is 10.1. The fourth-order valence-corrected chi connectivity index (χ4v) is 1.95. The van der Waals surface area contributed by atoms with Crippen LogP contribution < -0.4 is 0 Å². The van der Waals surface area contributed by atoms with Crippen LogP contribution in [0.4, 0.5) is 0 Å². The molecular weight excluding hydrogens is 194 g/mol. The number of aliphatic imine (C=N–C) groups is 1. The molecule has 0 aromatic rings. The molecule has 0 bridgehead atoms. The number of nitrogens with zero attached hydrogens (tertiary/aromatic N) is 3. The summed E-state index contributed by atoms with van der Waals surface area (Å²) in [6, 6.07) is 0.00884. The summed E-state index contributed by atoms with van der Waals surface area (Å²) >= 11 is 0. The van der Waals surface area contributed by atoms with E-state index in [1.165, 1.54) is 0 Å². The average Bonchev–Trinajstić information content (AvgIpc) is 2.51. The first kappa shape index (κ1) is 11.5. The summed E-state index contributed by atoms with van der Waals surface area (Å²) in [5.74, 6) is -0.0510. The van der Waals surface area contributed by atoms with Gasteiger partial charge in [0.2, 0.25) is 6.19 Å². The molecular formula is C10H15N3O2. The third kappa shape index (κ3) is 2.94. The predicted octanol–water partition coefficient (Wildman–Crippen LogP) is 1.22. The van der Waals surface area contributed by atoms with E-state index < -0.39 is 5.97 Å². The van der Waals surface area contributed by atoms with Crippen LogP contribution in [0.5, 0.6) is 0 Å². The molecule has 1 unspecified atom stereocenters. The maximum Gasteiger partial charge on any atom is 0.305 e. The molecule has 1 heterocycles. The first-order valence-corrected chi connectivity index (χ1v) is 5.13. The van der Waals surface area contributed by atoms with E-state index in [0.717, 1.165) is 25.2 Å². The van der Waals surface area contributed by atoms with Crippen LogP contribution in [0.25, 0.3) is 0 Å². The summed E-state index contributed by atoms with van der Waals surface area (Å²) in [6.45, 7) is 2.80. The van der Waals surface area contributed by atoms with Gasteiger partial charge in [-0.3, -0.25) is 4.79 Å². The van der Waals surface area contributed by atoms with Crippen molar-refractivity contribution >= 4 is 11.8 Å². The van der Waals surface area contributed by atoms with Crippen LogP contribution >= 0.6 is 0 Å². The lowest BCUT2D eigenvalue weighted by Gasteiger charge is -2.24. The molecule has 0 aromatic heterocycles. The Morgan fingerprint density at radius 2 is 2.53 bits per heavy atom. The first-order valence-electron chi connectivity index (χ1n) is 5.13. The highest BCUT2D eigenvalue weighted by Crippen LogP contribution is 2.22. The summed E-state index contributed by atoms with van der Waals surface area (Å²) in [7, 11) is 0. The first-order chi connectivity index (χ1) is 7.19. The van der Waals surface area contributed by atoms with Crippen LogP contribution in [-0.4, -0.2) is 34.4 Å². The number of likely N-dealkylation sites (tertiary alicyclic amines) is 1. The number of carbonyl (C=O) groups is 1. The van der Waals surface area contributed by atoms with E-state index >= 15 is 0 Å². The van der Waals surface area contributed by atoms with Gasteiger partial charge in [0.25, 0.3) is 0 Å². The molecule has 0 aliphatic carbocycles. The molecule has 5 nitrogen and oxygen atoms in total. The number of nitriles is 1. The summed E-state index contributed by atoms with van der Waals surface area (Å²) in [4.78, 5) is 16.3. The molecule has 1 atom stereocenters. The maximum absolute atomic E-state index is 10.6. The van der Waals surface area contributed by atoms with Crippen LogP contribution in [0.3, 0.4) is 0 Å². The zero-order valence-electron chi connectivity index (χ0n) is 8.81. The highest BCUT2D eigenvalue weighted by Gasteiger charge is 2.30. The SMILES string of the molecule is CCCN1C(=NC#N)CCC1CC(=O)O. The van der Waals surface area contributed by atoms with Crippen molar-refractivity contribution in [1.82, 2.24) is 4.90 Å². The fourth-order valence-electron chi connectivity index (χ4n) is 1.95. The van der Waals surface area contributed by atoms with Crippen molar-refractivity contribution in [3.63, 3.8) is 0 Å². The minimum absolute atomic E-state index is 0.00884. The zero-order valence-corrected chi connectivity index (χ0v) is 8.81. The summed E-state index contributed by atoms with van der Waals surface area (Å²) in [5, 5.41) is 17.2. The Bertz CT molecular complexity index is 306. The number of carboxylic acids is 1. The molecule has 1 aliphatic rings. The summed E-state index contributed by atoms with van der Waals surface area (Å²) in [6.07, 6.45) is 4.33. The third-order valence-electron chi connectivity index (χ3n) is 2.53. The highest BCUT2D eigenvalue weighted by atomic mass is 16.4. The van der Waals surface area contributed by atoms with Crippen LogP contribution in [-0.2, 0) is 4.79 Å². The molecule has 0 amide bonds. The van der Waals surface area contributed by atoms with Gasteiger partial charge in [0.1, 0.15) is 5.84 Å². The second-order valence-electron chi connectivity index (χ2n) is 3.61. The van der Waals surface area contributed by atoms with E-state index in [1.54, 1.807) is 6.19 Å². The van der Waals surface area contributed by atoms with Gasteiger partial charge in [0.05, 0.1) is 6.42 Å². The average molecular weight is 209 g/mol. The number of rotatable bonds is 4. The molecule has 1 saturated heterocycles. The predicted molar refractivity (Wildman–Crippen MR) is 55.3 cm³/mol. The number of aliphatic carboxylic acids is 1. The van der Waals surface area contributed by atoms with Crippen molar-refractivity contribution in [3.8, 4) is 6.19 Å². The molecule has 5 heteroatoms. The molecule has 1 aliphatic heterocycles. The van der Waals surface area contributed by atoms with E-state index in [9.17, 15) is 4.79 Å². The van der Waals surface area contributed by atoms with Gasteiger partial charge < -0.3 is 10.0 Å². The van der Waals surface area contributed by atoms with E-state index in [1.807, 2.05) is 11.8 Å². The number of carboxylic acid groups (broad SMARTS) is 1. The Balaban J connectivity index is 2.71. The molecule has 1 N–H and O–H groups in total. The van der Waals surface area contributed by atoms with Crippen molar-refractivity contribution in [1.29, 1.82) is 5.26 Å². The minimum Gasteiger partial charge on any atom is -0.481 e. The largest absolute Gasteiger partial charge is 0.481 e.